The third-order valence-electron chi connectivity index (χ3n) is 3.10. The SMILES string of the molecule is COc1ccccc1N(C)S(=O)(=O)c1ccc(NN)cc1. The summed E-state index contributed by atoms with van der Waals surface area (Å²) < 4.78 is 31.6. The minimum Gasteiger partial charge on any atom is -0.495 e. The highest BCUT2D eigenvalue weighted by atomic mass is 32.2. The van der Waals surface area contributed by atoms with Crippen molar-refractivity contribution >= 4 is 21.4 Å². The van der Waals surface area contributed by atoms with Crippen LogP contribution in [0.4, 0.5) is 11.4 Å². The van der Waals surface area contributed by atoms with Crippen molar-refractivity contribution in [1.29, 1.82) is 0 Å². The van der Waals surface area contributed by atoms with Crippen molar-refractivity contribution in [1.82, 2.24) is 0 Å². The molecule has 0 saturated heterocycles. The molecule has 0 bridgehead atoms. The molecule has 3 N–H and O–H groups in total. The van der Waals surface area contributed by atoms with Crippen LogP contribution in [0.1, 0.15) is 0 Å². The molecule has 0 heterocycles. The summed E-state index contributed by atoms with van der Waals surface area (Å²) in [5, 5.41) is 0. The van der Waals surface area contributed by atoms with Gasteiger partial charge < -0.3 is 10.2 Å². The van der Waals surface area contributed by atoms with E-state index in [-0.39, 0.29) is 4.90 Å². The van der Waals surface area contributed by atoms with Crippen molar-refractivity contribution in [2.24, 2.45) is 5.84 Å². The van der Waals surface area contributed by atoms with Crippen molar-refractivity contribution in [3.05, 3.63) is 48.5 Å². The average Bonchev–Trinajstić information content (AvgIpc) is 2.54. The van der Waals surface area contributed by atoms with Crippen molar-refractivity contribution in [3.8, 4) is 5.75 Å². The lowest BCUT2D eigenvalue weighted by Crippen LogP contribution is -2.27. The quantitative estimate of drug-likeness (QED) is 0.650. The normalized spacial score (nSPS) is 11.0. The van der Waals surface area contributed by atoms with E-state index in [0.717, 1.165) is 0 Å². The van der Waals surface area contributed by atoms with Gasteiger partial charge in [-0.2, -0.15) is 0 Å². The number of nitrogens with zero attached hydrogens (tertiary/aromatic N) is 1. The maximum Gasteiger partial charge on any atom is 0.264 e. The van der Waals surface area contributed by atoms with Crippen molar-refractivity contribution < 1.29 is 13.2 Å². The van der Waals surface area contributed by atoms with Crippen LogP contribution in [0.25, 0.3) is 0 Å². The smallest absolute Gasteiger partial charge is 0.264 e. The standard InChI is InChI=1S/C14H17N3O3S/c1-17(13-5-3-4-6-14(13)20-2)21(18,19)12-9-7-11(16-15)8-10-12/h3-10,16H,15H2,1-2H3. The van der Waals surface area contributed by atoms with E-state index in [4.69, 9.17) is 10.6 Å². The van der Waals surface area contributed by atoms with E-state index in [9.17, 15) is 8.42 Å². The Bertz CT molecular complexity index is 714. The van der Waals surface area contributed by atoms with Gasteiger partial charge in [0.05, 0.1) is 17.7 Å². The Hall–Kier alpha value is -2.25. The predicted molar refractivity (Wildman–Crippen MR) is 82.8 cm³/mol. The zero-order valence-electron chi connectivity index (χ0n) is 11.8. The first-order valence-corrected chi connectivity index (χ1v) is 7.63. The van der Waals surface area contributed by atoms with Gasteiger partial charge in [-0.3, -0.25) is 10.1 Å². The highest BCUT2D eigenvalue weighted by Gasteiger charge is 2.23. The van der Waals surface area contributed by atoms with Crippen LogP contribution in [0.5, 0.6) is 5.75 Å². The van der Waals surface area contributed by atoms with Crippen LogP contribution in [-0.4, -0.2) is 22.6 Å². The molecular formula is C14H17N3O3S. The van der Waals surface area contributed by atoms with E-state index in [2.05, 4.69) is 5.43 Å². The van der Waals surface area contributed by atoms with Gasteiger partial charge in [0.25, 0.3) is 10.0 Å². The molecule has 112 valence electrons. The van der Waals surface area contributed by atoms with E-state index < -0.39 is 10.0 Å². The van der Waals surface area contributed by atoms with E-state index in [1.807, 2.05) is 0 Å². The summed E-state index contributed by atoms with van der Waals surface area (Å²) in [5.41, 5.74) is 3.56. The third kappa shape index (κ3) is 2.93. The fourth-order valence-corrected chi connectivity index (χ4v) is 3.11. The molecule has 0 saturated carbocycles. The van der Waals surface area contributed by atoms with Gasteiger partial charge in [0.15, 0.2) is 0 Å². The minimum atomic E-state index is -3.66. The highest BCUT2D eigenvalue weighted by Crippen LogP contribution is 2.30. The highest BCUT2D eigenvalue weighted by molar-refractivity contribution is 7.92. The molecule has 0 fully saturated rings. The molecule has 0 aromatic heterocycles. The van der Waals surface area contributed by atoms with Crippen molar-refractivity contribution in [2.45, 2.75) is 4.90 Å². The second-order valence-corrected chi connectivity index (χ2v) is 6.28. The molecule has 0 aliphatic carbocycles. The molecule has 2 aromatic rings. The van der Waals surface area contributed by atoms with E-state index in [0.29, 0.717) is 17.1 Å². The predicted octanol–water partition coefficient (Wildman–Crippen LogP) is 1.81. The summed E-state index contributed by atoms with van der Waals surface area (Å²) in [4.78, 5) is 0.176. The maximum atomic E-state index is 12.6. The zero-order chi connectivity index (χ0) is 15.5. The summed E-state index contributed by atoms with van der Waals surface area (Å²) in [6.07, 6.45) is 0. The van der Waals surface area contributed by atoms with Crippen LogP contribution in [0.2, 0.25) is 0 Å². The molecule has 21 heavy (non-hydrogen) atoms. The number of nitrogens with two attached hydrogens (primary N) is 1. The fourth-order valence-electron chi connectivity index (χ4n) is 1.90. The molecule has 0 atom stereocenters. The van der Waals surface area contributed by atoms with Crippen molar-refractivity contribution in [2.75, 3.05) is 23.9 Å². The van der Waals surface area contributed by atoms with Gasteiger partial charge in [0.1, 0.15) is 5.75 Å². The maximum absolute atomic E-state index is 12.6. The summed E-state index contributed by atoms with van der Waals surface area (Å²) in [5.74, 6) is 5.76. The molecule has 0 spiro atoms. The van der Waals surface area contributed by atoms with Gasteiger partial charge >= 0.3 is 0 Å². The average molecular weight is 307 g/mol. The number of nitrogens with one attached hydrogen (secondary N) is 1. The summed E-state index contributed by atoms with van der Waals surface area (Å²) >= 11 is 0. The molecule has 0 aliphatic heterocycles. The number of hydrogen-bond donors (Lipinski definition) is 2. The van der Waals surface area contributed by atoms with Crippen LogP contribution in [-0.2, 0) is 10.0 Å². The Morgan fingerprint density at radius 2 is 1.71 bits per heavy atom. The first-order chi connectivity index (χ1) is 10.0. The molecule has 2 rings (SSSR count). The Kier molecular flexibility index (Phi) is 4.35. The Balaban J connectivity index is 2.42. The number of ether oxygens (including phenoxy) is 1. The minimum absolute atomic E-state index is 0.176. The van der Waals surface area contributed by atoms with Crippen LogP contribution in [0.3, 0.4) is 0 Å². The van der Waals surface area contributed by atoms with Crippen LogP contribution in [0, 0.1) is 0 Å². The van der Waals surface area contributed by atoms with Gasteiger partial charge in [0.2, 0.25) is 0 Å². The Labute approximate surface area is 124 Å². The van der Waals surface area contributed by atoms with Gasteiger partial charge in [-0.05, 0) is 36.4 Å². The number of benzene rings is 2. The zero-order valence-corrected chi connectivity index (χ0v) is 12.6. The molecule has 0 aliphatic rings. The van der Waals surface area contributed by atoms with Gasteiger partial charge in [-0.25, -0.2) is 8.42 Å². The third-order valence-corrected chi connectivity index (χ3v) is 4.89. The van der Waals surface area contributed by atoms with Gasteiger partial charge in [-0.15, -0.1) is 0 Å². The van der Waals surface area contributed by atoms with Crippen LogP contribution >= 0.6 is 0 Å². The number of para-hydroxylation sites is 2. The largest absolute Gasteiger partial charge is 0.495 e. The van der Waals surface area contributed by atoms with Crippen LogP contribution in [0.15, 0.2) is 53.4 Å². The number of hydrogen-bond acceptors (Lipinski definition) is 5. The molecule has 2 aromatic carbocycles. The van der Waals surface area contributed by atoms with Gasteiger partial charge in [0, 0.05) is 12.7 Å². The monoisotopic (exact) mass is 307 g/mol. The lowest BCUT2D eigenvalue weighted by atomic mass is 10.3. The van der Waals surface area contributed by atoms with E-state index in [1.165, 1.54) is 30.6 Å². The topological polar surface area (TPSA) is 84.7 Å². The summed E-state index contributed by atoms with van der Waals surface area (Å²) in [6, 6.07) is 13.1. The van der Waals surface area contributed by atoms with Crippen molar-refractivity contribution in [3.63, 3.8) is 0 Å². The number of rotatable bonds is 5. The number of hydrazine groups is 1. The molecule has 0 amide bonds. The Morgan fingerprint density at radius 1 is 1.10 bits per heavy atom. The second-order valence-electron chi connectivity index (χ2n) is 4.31. The van der Waals surface area contributed by atoms with Crippen LogP contribution < -0.4 is 20.3 Å². The summed E-state index contributed by atoms with van der Waals surface area (Å²) in [6.45, 7) is 0. The summed E-state index contributed by atoms with van der Waals surface area (Å²) in [7, 11) is -0.676. The first-order valence-electron chi connectivity index (χ1n) is 6.19. The molecule has 6 nitrogen and oxygen atoms in total. The van der Waals surface area contributed by atoms with E-state index >= 15 is 0 Å². The molecule has 0 radical (unpaired) electrons. The van der Waals surface area contributed by atoms with E-state index in [1.54, 1.807) is 36.4 Å². The Morgan fingerprint density at radius 3 is 2.29 bits per heavy atom. The molecule has 7 heteroatoms. The lowest BCUT2D eigenvalue weighted by Gasteiger charge is -2.21. The number of anilines is 2. The first kappa shape index (κ1) is 15.1. The lowest BCUT2D eigenvalue weighted by molar-refractivity contribution is 0.416. The fraction of sp³-hybridized carbons (Fsp3) is 0.143. The number of methoxy groups -OCH3 is 1. The second kappa shape index (κ2) is 6.02. The van der Waals surface area contributed by atoms with Gasteiger partial charge in [-0.1, -0.05) is 12.1 Å². The molecule has 0 unspecified atom stereocenters. The number of sulfonamides is 1. The molecular weight excluding hydrogens is 290 g/mol. The number of nitrogen functional groups attached to an aromatic ring is 1.